The van der Waals surface area contributed by atoms with Crippen molar-refractivity contribution in [1.29, 1.82) is 0 Å². The van der Waals surface area contributed by atoms with E-state index in [9.17, 15) is 0 Å². The maximum absolute atomic E-state index is 5.59. The molecule has 3 aromatic heterocycles. The maximum Gasteiger partial charge on any atom is 0.222 e. The fraction of sp³-hybridized carbons (Fsp3) is 0.412. The summed E-state index contributed by atoms with van der Waals surface area (Å²) in [7, 11) is 1.92. The number of hydrogen-bond donors (Lipinski definition) is 1. The fourth-order valence-electron chi connectivity index (χ4n) is 3.11. The van der Waals surface area contributed by atoms with E-state index in [0.29, 0.717) is 5.95 Å². The summed E-state index contributed by atoms with van der Waals surface area (Å²) in [4.78, 5) is 13.4. The van der Waals surface area contributed by atoms with Crippen LogP contribution in [-0.2, 0) is 11.8 Å². The van der Waals surface area contributed by atoms with Gasteiger partial charge in [0, 0.05) is 38.2 Å². The summed E-state index contributed by atoms with van der Waals surface area (Å²) >= 11 is 0. The minimum absolute atomic E-state index is 0.269. The zero-order chi connectivity index (χ0) is 16.5. The van der Waals surface area contributed by atoms with E-state index in [1.807, 2.05) is 17.8 Å². The van der Waals surface area contributed by atoms with Crippen LogP contribution in [0.2, 0.25) is 0 Å². The number of nitrogens with one attached hydrogen (secondary N) is 1. The van der Waals surface area contributed by atoms with Gasteiger partial charge in [-0.2, -0.15) is 5.10 Å². The molecule has 1 aliphatic heterocycles. The molecule has 1 atom stereocenters. The Kier molecular flexibility index (Phi) is 3.86. The second-order valence-corrected chi connectivity index (χ2v) is 6.14. The molecule has 1 saturated heterocycles. The Balaban J connectivity index is 1.53. The Morgan fingerprint density at radius 2 is 2.12 bits per heavy atom. The monoisotopic (exact) mass is 324 g/mol. The summed E-state index contributed by atoms with van der Waals surface area (Å²) < 4.78 is 7.43. The van der Waals surface area contributed by atoms with Crippen molar-refractivity contribution in [2.24, 2.45) is 7.05 Å². The first-order valence-corrected chi connectivity index (χ1v) is 8.18. The quantitative estimate of drug-likeness (QED) is 0.793. The van der Waals surface area contributed by atoms with Gasteiger partial charge in [-0.1, -0.05) is 0 Å². The minimum Gasteiger partial charge on any atom is -0.376 e. The van der Waals surface area contributed by atoms with Crippen LogP contribution in [0.1, 0.15) is 18.4 Å². The van der Waals surface area contributed by atoms with Crippen molar-refractivity contribution in [2.75, 3.05) is 18.5 Å². The highest BCUT2D eigenvalue weighted by Crippen LogP contribution is 2.23. The molecule has 0 saturated carbocycles. The highest BCUT2D eigenvalue weighted by atomic mass is 16.5. The molecule has 3 aromatic rings. The Morgan fingerprint density at radius 1 is 1.29 bits per heavy atom. The molecule has 4 heterocycles. The summed E-state index contributed by atoms with van der Waals surface area (Å²) in [5.41, 5.74) is 4.82. The highest BCUT2D eigenvalue weighted by molar-refractivity contribution is 5.81. The summed E-state index contributed by atoms with van der Waals surface area (Å²) in [6, 6.07) is 2.04. The number of ether oxygens (including phenoxy) is 1. The van der Waals surface area contributed by atoms with Gasteiger partial charge in [0.05, 0.1) is 23.5 Å². The summed E-state index contributed by atoms with van der Waals surface area (Å²) in [6.45, 7) is 3.67. The van der Waals surface area contributed by atoms with E-state index in [-0.39, 0.29) is 6.10 Å². The molecule has 1 aliphatic rings. The second-order valence-electron chi connectivity index (χ2n) is 6.14. The number of hydrogen-bond acceptors (Lipinski definition) is 6. The van der Waals surface area contributed by atoms with Gasteiger partial charge in [0.2, 0.25) is 5.95 Å². The molecule has 0 aromatic carbocycles. The lowest BCUT2D eigenvalue weighted by Crippen LogP contribution is -2.19. The molecule has 7 heteroatoms. The lowest BCUT2D eigenvalue weighted by molar-refractivity contribution is 0.120. The van der Waals surface area contributed by atoms with Crippen molar-refractivity contribution in [3.05, 3.63) is 30.2 Å². The molecular formula is C17H20N6O. The van der Waals surface area contributed by atoms with Gasteiger partial charge in [-0.05, 0) is 31.4 Å². The van der Waals surface area contributed by atoms with Crippen LogP contribution in [-0.4, -0.2) is 44.0 Å². The first kappa shape index (κ1) is 15.0. The van der Waals surface area contributed by atoms with Crippen LogP contribution < -0.4 is 5.32 Å². The third-order valence-electron chi connectivity index (χ3n) is 4.35. The minimum atomic E-state index is 0.269. The number of pyridine rings is 1. The van der Waals surface area contributed by atoms with Gasteiger partial charge in [-0.25, -0.2) is 15.0 Å². The van der Waals surface area contributed by atoms with E-state index < -0.39 is 0 Å². The number of aryl methyl sites for hydroxylation is 2. The molecule has 1 unspecified atom stereocenters. The second kappa shape index (κ2) is 6.16. The van der Waals surface area contributed by atoms with Crippen LogP contribution in [0, 0.1) is 6.92 Å². The Labute approximate surface area is 140 Å². The highest BCUT2D eigenvalue weighted by Gasteiger charge is 2.15. The van der Waals surface area contributed by atoms with Gasteiger partial charge in [0.15, 0.2) is 0 Å². The Morgan fingerprint density at radius 3 is 2.88 bits per heavy atom. The average Bonchev–Trinajstić information content (AvgIpc) is 3.23. The molecule has 0 spiro atoms. The molecule has 0 bridgehead atoms. The van der Waals surface area contributed by atoms with Crippen molar-refractivity contribution in [3.63, 3.8) is 0 Å². The molecule has 24 heavy (non-hydrogen) atoms. The summed E-state index contributed by atoms with van der Waals surface area (Å²) in [5.74, 6) is 0.619. The number of fused-ring (bicyclic) bond motifs is 1. The lowest BCUT2D eigenvalue weighted by Gasteiger charge is -2.10. The van der Waals surface area contributed by atoms with Crippen molar-refractivity contribution >= 4 is 17.0 Å². The molecule has 1 N–H and O–H groups in total. The fourth-order valence-corrected chi connectivity index (χ4v) is 3.11. The SMILES string of the molecule is Cc1cc(-c2cnc(NCC3CCCO3)nc2)nc2cnn(C)c12. The van der Waals surface area contributed by atoms with Crippen LogP contribution in [0.15, 0.2) is 24.7 Å². The molecule has 0 amide bonds. The van der Waals surface area contributed by atoms with Crippen molar-refractivity contribution in [1.82, 2.24) is 24.7 Å². The van der Waals surface area contributed by atoms with Crippen LogP contribution in [0.4, 0.5) is 5.95 Å². The topological polar surface area (TPSA) is 77.8 Å². The molecule has 124 valence electrons. The third-order valence-corrected chi connectivity index (χ3v) is 4.35. The van der Waals surface area contributed by atoms with E-state index in [2.05, 4.69) is 32.3 Å². The van der Waals surface area contributed by atoms with Crippen molar-refractivity contribution in [2.45, 2.75) is 25.9 Å². The van der Waals surface area contributed by atoms with Crippen LogP contribution >= 0.6 is 0 Å². The van der Waals surface area contributed by atoms with E-state index in [0.717, 1.165) is 53.8 Å². The van der Waals surface area contributed by atoms with Crippen LogP contribution in [0.5, 0.6) is 0 Å². The van der Waals surface area contributed by atoms with Gasteiger partial charge in [-0.15, -0.1) is 0 Å². The van der Waals surface area contributed by atoms with Gasteiger partial charge in [-0.3, -0.25) is 4.68 Å². The van der Waals surface area contributed by atoms with E-state index in [1.54, 1.807) is 18.6 Å². The molecule has 4 rings (SSSR count). The molecule has 0 radical (unpaired) electrons. The number of anilines is 1. The van der Waals surface area contributed by atoms with E-state index in [1.165, 1.54) is 0 Å². The van der Waals surface area contributed by atoms with Gasteiger partial charge in [0.1, 0.15) is 5.52 Å². The molecule has 0 aliphatic carbocycles. The number of nitrogens with zero attached hydrogens (tertiary/aromatic N) is 5. The van der Waals surface area contributed by atoms with Gasteiger partial charge < -0.3 is 10.1 Å². The van der Waals surface area contributed by atoms with E-state index >= 15 is 0 Å². The van der Waals surface area contributed by atoms with Crippen LogP contribution in [0.3, 0.4) is 0 Å². The Bertz CT molecular complexity index is 851. The smallest absolute Gasteiger partial charge is 0.222 e. The zero-order valence-corrected chi connectivity index (χ0v) is 13.9. The summed E-state index contributed by atoms with van der Waals surface area (Å²) in [5, 5.41) is 7.50. The lowest BCUT2D eigenvalue weighted by atomic mass is 10.1. The van der Waals surface area contributed by atoms with Gasteiger partial charge in [0.25, 0.3) is 0 Å². The first-order chi connectivity index (χ1) is 11.7. The number of rotatable bonds is 4. The number of aromatic nitrogens is 5. The van der Waals surface area contributed by atoms with Crippen molar-refractivity contribution < 1.29 is 4.74 Å². The standard InChI is InChI=1S/C17H20N6O/c1-11-6-14(22-15-10-21-23(2)16(11)15)12-7-18-17(19-8-12)20-9-13-4-3-5-24-13/h6-8,10,13H,3-5,9H2,1-2H3,(H,18,19,20). The van der Waals surface area contributed by atoms with E-state index in [4.69, 9.17) is 4.74 Å². The predicted molar refractivity (Wildman–Crippen MR) is 91.7 cm³/mol. The van der Waals surface area contributed by atoms with Gasteiger partial charge >= 0.3 is 0 Å². The third kappa shape index (κ3) is 2.82. The van der Waals surface area contributed by atoms with Crippen LogP contribution in [0.25, 0.3) is 22.3 Å². The normalized spacial score (nSPS) is 17.5. The van der Waals surface area contributed by atoms with Crippen molar-refractivity contribution in [3.8, 4) is 11.3 Å². The Hall–Kier alpha value is -2.54. The maximum atomic E-state index is 5.59. The largest absolute Gasteiger partial charge is 0.376 e. The predicted octanol–water partition coefficient (Wildman–Crippen LogP) is 2.32. The average molecular weight is 324 g/mol. The first-order valence-electron chi connectivity index (χ1n) is 8.18. The zero-order valence-electron chi connectivity index (χ0n) is 13.9. The molecule has 1 fully saturated rings. The summed E-state index contributed by atoms with van der Waals surface area (Å²) in [6.07, 6.45) is 7.88. The molecular weight excluding hydrogens is 304 g/mol. The molecule has 7 nitrogen and oxygen atoms in total.